The van der Waals surface area contributed by atoms with Gasteiger partial charge in [-0.2, -0.15) is 0 Å². The summed E-state index contributed by atoms with van der Waals surface area (Å²) in [7, 11) is 0. The second-order valence-electron chi connectivity index (χ2n) is 7.21. The molecule has 0 aliphatic rings. The second-order valence-corrected chi connectivity index (χ2v) is 8.15. The zero-order valence-corrected chi connectivity index (χ0v) is 14.9. The van der Waals surface area contributed by atoms with E-state index in [1.807, 2.05) is 0 Å². The van der Waals surface area contributed by atoms with Gasteiger partial charge in [0.05, 0.1) is 12.1 Å². The molecule has 1 aromatic heterocycles. The minimum atomic E-state index is 0.0572. The number of aromatic nitrogens is 1. The van der Waals surface area contributed by atoms with Crippen molar-refractivity contribution in [2.75, 3.05) is 6.54 Å². The molecule has 0 bridgehead atoms. The van der Waals surface area contributed by atoms with Gasteiger partial charge in [-0.15, -0.1) is 11.3 Å². The second kappa shape index (κ2) is 8.04. The highest BCUT2D eigenvalue weighted by atomic mass is 32.1. The average Bonchev–Trinajstić information content (AvgIpc) is 2.82. The first kappa shape index (κ1) is 18.3. The summed E-state index contributed by atoms with van der Waals surface area (Å²) in [6.45, 7) is 11.6. The fraction of sp³-hybridized carbons (Fsp3) is 0.765. The summed E-state index contributed by atoms with van der Waals surface area (Å²) < 4.78 is 0. The molecule has 1 heterocycles. The maximum absolute atomic E-state index is 12.1. The quantitative estimate of drug-likeness (QED) is 0.791. The van der Waals surface area contributed by atoms with Gasteiger partial charge in [0.1, 0.15) is 10.8 Å². The number of ketones is 1. The van der Waals surface area contributed by atoms with Gasteiger partial charge in [-0.25, -0.2) is 4.98 Å². The Labute approximate surface area is 133 Å². The van der Waals surface area contributed by atoms with E-state index in [0.717, 1.165) is 23.5 Å². The summed E-state index contributed by atoms with van der Waals surface area (Å²) in [5, 5.41) is 3.03. The standard InChI is InChI=1S/C17H30N2OS/c1-12(2)13(8-9-18)6-7-14(20)10-16-19-15(11-21-16)17(3,4)5/h11-13H,6-10,18H2,1-5H3. The van der Waals surface area contributed by atoms with E-state index < -0.39 is 0 Å². The van der Waals surface area contributed by atoms with Crippen molar-refractivity contribution in [2.45, 2.75) is 65.7 Å². The lowest BCUT2D eigenvalue weighted by Crippen LogP contribution is -2.16. The minimum Gasteiger partial charge on any atom is -0.330 e. The van der Waals surface area contributed by atoms with E-state index in [0.29, 0.717) is 37.0 Å². The highest BCUT2D eigenvalue weighted by Crippen LogP contribution is 2.25. The molecule has 0 spiro atoms. The number of rotatable bonds is 8. The molecular formula is C17H30N2OS. The molecule has 0 radical (unpaired) electrons. The maximum atomic E-state index is 12.1. The topological polar surface area (TPSA) is 56.0 Å². The van der Waals surface area contributed by atoms with Crippen molar-refractivity contribution in [3.63, 3.8) is 0 Å². The SMILES string of the molecule is CC(C)C(CCN)CCC(=O)Cc1nc(C(C)(C)C)cs1. The van der Waals surface area contributed by atoms with Crippen LogP contribution in [-0.2, 0) is 16.6 Å². The molecule has 0 saturated heterocycles. The van der Waals surface area contributed by atoms with Crippen LogP contribution in [0.3, 0.4) is 0 Å². The van der Waals surface area contributed by atoms with Gasteiger partial charge in [0.15, 0.2) is 0 Å². The van der Waals surface area contributed by atoms with Crippen molar-refractivity contribution < 1.29 is 4.79 Å². The van der Waals surface area contributed by atoms with Crippen LogP contribution in [0.25, 0.3) is 0 Å². The van der Waals surface area contributed by atoms with Crippen LogP contribution in [0.2, 0.25) is 0 Å². The zero-order valence-electron chi connectivity index (χ0n) is 14.1. The van der Waals surface area contributed by atoms with Gasteiger partial charge < -0.3 is 5.73 Å². The van der Waals surface area contributed by atoms with E-state index in [-0.39, 0.29) is 5.41 Å². The number of hydrogen-bond acceptors (Lipinski definition) is 4. The Morgan fingerprint density at radius 2 is 2.00 bits per heavy atom. The summed E-state index contributed by atoms with van der Waals surface area (Å²) in [6.07, 6.45) is 3.09. The summed E-state index contributed by atoms with van der Waals surface area (Å²) in [5.74, 6) is 1.45. The van der Waals surface area contributed by atoms with Crippen LogP contribution in [0.5, 0.6) is 0 Å². The molecule has 1 rings (SSSR count). The van der Waals surface area contributed by atoms with Crippen LogP contribution in [-0.4, -0.2) is 17.3 Å². The maximum Gasteiger partial charge on any atom is 0.139 e. The largest absolute Gasteiger partial charge is 0.330 e. The Morgan fingerprint density at radius 3 is 2.48 bits per heavy atom. The molecule has 0 amide bonds. The first-order valence-electron chi connectivity index (χ1n) is 7.90. The van der Waals surface area contributed by atoms with E-state index in [1.54, 1.807) is 11.3 Å². The van der Waals surface area contributed by atoms with E-state index in [9.17, 15) is 4.79 Å². The fourth-order valence-electron chi connectivity index (χ4n) is 2.37. The number of Topliss-reactive ketones (excluding diaryl/α,β-unsaturated/α-hetero) is 1. The number of nitrogens with zero attached hydrogens (tertiary/aromatic N) is 1. The van der Waals surface area contributed by atoms with Gasteiger partial charge in [0, 0.05) is 17.2 Å². The predicted molar refractivity (Wildman–Crippen MR) is 90.8 cm³/mol. The molecule has 2 N–H and O–H groups in total. The molecular weight excluding hydrogens is 280 g/mol. The van der Waals surface area contributed by atoms with Crippen molar-refractivity contribution in [3.05, 3.63) is 16.1 Å². The third-order valence-electron chi connectivity index (χ3n) is 3.94. The van der Waals surface area contributed by atoms with Crippen LogP contribution >= 0.6 is 11.3 Å². The third kappa shape index (κ3) is 6.27. The fourth-order valence-corrected chi connectivity index (χ4v) is 3.41. The van der Waals surface area contributed by atoms with Crippen molar-refractivity contribution in [2.24, 2.45) is 17.6 Å². The van der Waals surface area contributed by atoms with Crippen molar-refractivity contribution in [3.8, 4) is 0 Å². The molecule has 0 saturated carbocycles. The minimum absolute atomic E-state index is 0.0572. The molecule has 3 nitrogen and oxygen atoms in total. The lowest BCUT2D eigenvalue weighted by atomic mass is 9.87. The third-order valence-corrected chi connectivity index (χ3v) is 4.79. The smallest absolute Gasteiger partial charge is 0.139 e. The average molecular weight is 311 g/mol. The Balaban J connectivity index is 2.48. The number of nitrogens with two attached hydrogens (primary N) is 1. The van der Waals surface area contributed by atoms with Gasteiger partial charge in [0.2, 0.25) is 0 Å². The summed E-state index contributed by atoms with van der Waals surface area (Å²) in [5.41, 5.74) is 6.79. The molecule has 1 unspecified atom stereocenters. The number of carbonyl (C=O) groups is 1. The van der Waals surface area contributed by atoms with E-state index >= 15 is 0 Å². The Bertz CT molecular complexity index is 446. The van der Waals surface area contributed by atoms with Crippen molar-refractivity contribution in [1.82, 2.24) is 4.98 Å². The molecule has 120 valence electrons. The monoisotopic (exact) mass is 310 g/mol. The molecule has 1 atom stereocenters. The lowest BCUT2D eigenvalue weighted by molar-refractivity contribution is -0.118. The first-order valence-corrected chi connectivity index (χ1v) is 8.78. The highest BCUT2D eigenvalue weighted by molar-refractivity contribution is 7.09. The number of thiazole rings is 1. The van der Waals surface area contributed by atoms with Gasteiger partial charge in [-0.05, 0) is 31.2 Å². The van der Waals surface area contributed by atoms with Crippen molar-refractivity contribution in [1.29, 1.82) is 0 Å². The van der Waals surface area contributed by atoms with Crippen molar-refractivity contribution >= 4 is 17.1 Å². The summed E-state index contributed by atoms with van der Waals surface area (Å²) >= 11 is 1.60. The van der Waals surface area contributed by atoms with Crippen LogP contribution in [0.1, 0.15) is 64.6 Å². The molecule has 0 fully saturated rings. The van der Waals surface area contributed by atoms with Gasteiger partial charge in [-0.1, -0.05) is 34.6 Å². The van der Waals surface area contributed by atoms with Gasteiger partial charge in [-0.3, -0.25) is 4.79 Å². The molecule has 0 aliphatic heterocycles. The van der Waals surface area contributed by atoms with Crippen LogP contribution in [0.4, 0.5) is 0 Å². The summed E-state index contributed by atoms with van der Waals surface area (Å²) in [6, 6.07) is 0. The molecule has 21 heavy (non-hydrogen) atoms. The lowest BCUT2D eigenvalue weighted by Gasteiger charge is -2.19. The van der Waals surface area contributed by atoms with Gasteiger partial charge in [0.25, 0.3) is 0 Å². The first-order chi connectivity index (χ1) is 9.74. The van der Waals surface area contributed by atoms with E-state index in [4.69, 9.17) is 5.73 Å². The van der Waals surface area contributed by atoms with Crippen LogP contribution < -0.4 is 5.73 Å². The molecule has 0 aromatic carbocycles. The number of carbonyl (C=O) groups excluding carboxylic acids is 1. The molecule has 0 aliphatic carbocycles. The van der Waals surface area contributed by atoms with E-state index in [2.05, 4.69) is 45.0 Å². The molecule has 1 aromatic rings. The van der Waals surface area contributed by atoms with E-state index in [1.165, 1.54) is 0 Å². The predicted octanol–water partition coefficient (Wildman–Crippen LogP) is 3.95. The van der Waals surface area contributed by atoms with Crippen LogP contribution in [0, 0.1) is 11.8 Å². The van der Waals surface area contributed by atoms with Gasteiger partial charge >= 0.3 is 0 Å². The Hall–Kier alpha value is -0.740. The normalized spacial score (nSPS) is 13.7. The summed E-state index contributed by atoms with van der Waals surface area (Å²) in [4.78, 5) is 16.7. The Morgan fingerprint density at radius 1 is 1.33 bits per heavy atom. The van der Waals surface area contributed by atoms with Crippen LogP contribution in [0.15, 0.2) is 5.38 Å². The zero-order chi connectivity index (χ0) is 16.0. The number of hydrogen-bond donors (Lipinski definition) is 1. The highest BCUT2D eigenvalue weighted by Gasteiger charge is 2.19. The Kier molecular flexibility index (Phi) is 7.01. The molecule has 4 heteroatoms.